The van der Waals surface area contributed by atoms with Gasteiger partial charge in [0.05, 0.1) is 0 Å². The van der Waals surface area contributed by atoms with Crippen LogP contribution in [-0.2, 0) is 20.4 Å². The minimum Gasteiger partial charge on any atom is -1.00 e. The summed E-state index contributed by atoms with van der Waals surface area (Å²) >= 11 is 2.54. The minimum atomic E-state index is -2.63. The molecule has 0 spiro atoms. The van der Waals surface area contributed by atoms with E-state index in [2.05, 4.69) is 167 Å². The van der Waals surface area contributed by atoms with Gasteiger partial charge in [-0.1, -0.05) is 0 Å². The van der Waals surface area contributed by atoms with Crippen molar-refractivity contribution < 1.29 is 57.7 Å². The Bertz CT molecular complexity index is 1200. The summed E-state index contributed by atoms with van der Waals surface area (Å²) in [6, 6.07) is 28.9. The first-order valence-corrected chi connectivity index (χ1v) is 16.8. The predicted octanol–water partition coefficient (Wildman–Crippen LogP) is -1.06. The Hall–Kier alpha value is -1.06. The monoisotopic (exact) mass is 644 g/mol. The zero-order valence-corrected chi connectivity index (χ0v) is 29.9. The Balaban J connectivity index is 0.00000267. The first kappa shape index (κ1) is 37.0. The zero-order chi connectivity index (χ0) is 27.0. The van der Waals surface area contributed by atoms with Crippen molar-refractivity contribution in [3.8, 4) is 0 Å². The number of allylic oxidation sites excluding steroid dienone is 4. The second-order valence-electron chi connectivity index (χ2n) is 12.0. The van der Waals surface area contributed by atoms with Gasteiger partial charge in [0.1, 0.15) is 0 Å². The maximum atomic E-state index is 2.55. The largest absolute Gasteiger partial charge is 1.00 e. The fraction of sp³-hybridized carbons (Fsp3) is 0.371. The van der Waals surface area contributed by atoms with Crippen molar-refractivity contribution in [3.05, 3.63) is 113 Å². The predicted molar refractivity (Wildman–Crippen MR) is 161 cm³/mol. The average molecular weight is 646 g/mol. The molecule has 0 fully saturated rings. The summed E-state index contributed by atoms with van der Waals surface area (Å²) < 4.78 is -0.0814. The summed E-state index contributed by atoms with van der Waals surface area (Å²) in [5, 5.41) is 4.54. The third-order valence-electron chi connectivity index (χ3n) is 8.25. The first-order chi connectivity index (χ1) is 17.5. The molecule has 3 aromatic carbocycles. The van der Waals surface area contributed by atoms with Crippen LogP contribution in [0.25, 0.3) is 0 Å². The van der Waals surface area contributed by atoms with E-state index in [0.717, 1.165) is 0 Å². The number of benzene rings is 3. The van der Waals surface area contributed by atoms with Crippen molar-refractivity contribution in [2.75, 3.05) is 0 Å². The fourth-order valence-electron chi connectivity index (χ4n) is 6.09. The summed E-state index contributed by atoms with van der Waals surface area (Å²) in [4.78, 5) is 0. The van der Waals surface area contributed by atoms with E-state index in [0.29, 0.717) is 23.7 Å². The Morgan fingerprint density at radius 1 is 0.550 bits per heavy atom. The summed E-state index contributed by atoms with van der Waals surface area (Å²) in [7, 11) is -2.63. The molecule has 4 rings (SSSR count). The molecule has 0 bridgehead atoms. The second kappa shape index (κ2) is 14.9. The van der Waals surface area contributed by atoms with Gasteiger partial charge in [-0.25, -0.2) is 0 Å². The molecule has 0 saturated heterocycles. The van der Waals surface area contributed by atoms with Crippen LogP contribution in [0.3, 0.4) is 0 Å². The molecule has 0 radical (unpaired) electrons. The van der Waals surface area contributed by atoms with E-state index in [1.807, 2.05) is 0 Å². The van der Waals surface area contributed by atoms with Gasteiger partial charge in [0.15, 0.2) is 0 Å². The molecule has 0 aliphatic heterocycles. The van der Waals surface area contributed by atoms with E-state index in [-0.39, 0.29) is 40.6 Å². The van der Waals surface area contributed by atoms with Crippen LogP contribution in [0.1, 0.15) is 89.8 Å². The van der Waals surface area contributed by atoms with Crippen molar-refractivity contribution in [1.82, 2.24) is 0 Å². The molecule has 5 heteroatoms. The summed E-state index contributed by atoms with van der Waals surface area (Å²) in [5.41, 5.74) is 5.83. The molecule has 0 aromatic heterocycles. The number of hydrogen-bond donors (Lipinski definition) is 0. The van der Waals surface area contributed by atoms with Crippen molar-refractivity contribution in [3.63, 3.8) is 0 Å². The van der Waals surface area contributed by atoms with Gasteiger partial charge in [-0.15, -0.1) is 0 Å². The summed E-state index contributed by atoms with van der Waals surface area (Å²) in [6.07, 6.45) is 7.29. The van der Waals surface area contributed by atoms with Crippen LogP contribution < -0.4 is 52.8 Å². The molecule has 1 aliphatic rings. The van der Waals surface area contributed by atoms with Gasteiger partial charge in [-0.3, -0.25) is 0 Å². The summed E-state index contributed by atoms with van der Waals surface area (Å²) in [6.45, 7) is 18.6. The van der Waals surface area contributed by atoms with Crippen molar-refractivity contribution >= 4 is 23.6 Å². The van der Waals surface area contributed by atoms with Crippen molar-refractivity contribution in [2.45, 2.75) is 76.5 Å². The molecule has 3 aromatic rings. The van der Waals surface area contributed by atoms with E-state index in [4.69, 9.17) is 0 Å². The Morgan fingerprint density at radius 2 is 0.900 bits per heavy atom. The van der Waals surface area contributed by atoms with Gasteiger partial charge in [-0.2, -0.15) is 0 Å². The van der Waals surface area contributed by atoms with Gasteiger partial charge in [-0.05, 0) is 0 Å². The molecule has 212 valence electrons. The van der Waals surface area contributed by atoms with Crippen LogP contribution in [-0.4, -0.2) is 8.07 Å². The summed E-state index contributed by atoms with van der Waals surface area (Å²) in [5.74, 6) is 1.94. The number of halogens is 3. The molecule has 1 aliphatic carbocycles. The Morgan fingerprint density at radius 3 is 1.20 bits per heavy atom. The SMILES string of the molecule is CC(C)C1=CC=C[C]1([Ti+3])[Si](c1cccc(C(C)C)c1)(c1cccc(C(C)C)c1)c1cccc(C(C)C)c1.[Cl-].[Cl-].[Cl-]. The van der Waals surface area contributed by atoms with Gasteiger partial charge < -0.3 is 37.2 Å². The minimum absolute atomic E-state index is 0. The standard InChI is InChI=1S/C35H43Si.3ClH.Ti/c1-24(2)28-13-9-16-31(21-28)36(35-20-12-19-34(35)27(7)8,32-17-10-14-29(22-32)25(3)4)33-18-11-15-30(23-33)26(5)6;;;;/h9-27H,1-8H3;3*1H;/q;;;;+3/p-3. The van der Waals surface area contributed by atoms with Gasteiger partial charge >= 0.3 is 240 Å². The van der Waals surface area contributed by atoms with Crippen LogP contribution in [0, 0.1) is 5.92 Å². The molecule has 0 heterocycles. The number of hydrogen-bond acceptors (Lipinski definition) is 0. The van der Waals surface area contributed by atoms with E-state index in [1.165, 1.54) is 32.3 Å². The third kappa shape index (κ3) is 6.61. The van der Waals surface area contributed by atoms with Crippen LogP contribution >= 0.6 is 0 Å². The van der Waals surface area contributed by atoms with E-state index < -0.39 is 8.07 Å². The molecule has 0 nitrogen and oxygen atoms in total. The molecular formula is C35H43Cl3SiTi. The molecule has 0 N–H and O–H groups in total. The zero-order valence-electron chi connectivity index (χ0n) is 25.1. The van der Waals surface area contributed by atoms with Crippen LogP contribution in [0.5, 0.6) is 0 Å². The maximum Gasteiger partial charge on any atom is -1.00 e. The third-order valence-corrected chi connectivity index (χ3v) is 15.9. The van der Waals surface area contributed by atoms with Crippen LogP contribution in [0.4, 0.5) is 0 Å². The first-order valence-electron chi connectivity index (χ1n) is 14.0. The normalized spacial score (nSPS) is 16.6. The van der Waals surface area contributed by atoms with Crippen LogP contribution in [0.15, 0.2) is 96.6 Å². The van der Waals surface area contributed by atoms with E-state index in [9.17, 15) is 0 Å². The fourth-order valence-corrected chi connectivity index (χ4v) is 14.6. The smallest absolute Gasteiger partial charge is 1.00 e. The molecule has 0 saturated carbocycles. The van der Waals surface area contributed by atoms with Gasteiger partial charge in [0.25, 0.3) is 0 Å². The number of rotatable bonds is 8. The van der Waals surface area contributed by atoms with E-state index >= 15 is 0 Å². The molecule has 1 atom stereocenters. The van der Waals surface area contributed by atoms with Gasteiger partial charge in [0.2, 0.25) is 0 Å². The van der Waals surface area contributed by atoms with Crippen molar-refractivity contribution in [2.24, 2.45) is 5.92 Å². The van der Waals surface area contributed by atoms with Gasteiger partial charge in [0, 0.05) is 0 Å². The second-order valence-corrected chi connectivity index (χ2v) is 18.1. The quantitative estimate of drug-likeness (QED) is 0.217. The molecule has 40 heavy (non-hydrogen) atoms. The Kier molecular flexibility index (Phi) is 13.8. The molecular weight excluding hydrogens is 603 g/mol. The molecule has 1 unspecified atom stereocenters. The van der Waals surface area contributed by atoms with Crippen LogP contribution in [0.2, 0.25) is 3.34 Å². The average Bonchev–Trinajstić information content (AvgIpc) is 3.28. The van der Waals surface area contributed by atoms with Crippen molar-refractivity contribution in [1.29, 1.82) is 0 Å². The van der Waals surface area contributed by atoms with E-state index in [1.54, 1.807) is 5.57 Å². The maximum absolute atomic E-state index is 2.63. The Labute approximate surface area is 275 Å². The molecule has 0 amide bonds. The topological polar surface area (TPSA) is 0 Å².